The van der Waals surface area contributed by atoms with Gasteiger partial charge in [0.25, 0.3) is 0 Å². The summed E-state index contributed by atoms with van der Waals surface area (Å²) in [6.07, 6.45) is 0. The van der Waals surface area contributed by atoms with Gasteiger partial charge < -0.3 is 5.32 Å². The number of fused-ring (bicyclic) bond motifs is 1. The van der Waals surface area contributed by atoms with Crippen molar-refractivity contribution in [3.63, 3.8) is 0 Å². The van der Waals surface area contributed by atoms with E-state index in [0.29, 0.717) is 0 Å². The van der Waals surface area contributed by atoms with Crippen LogP contribution in [0.25, 0.3) is 10.8 Å². The average Bonchev–Trinajstić information content (AvgIpc) is 2.64. The third kappa shape index (κ3) is 4.27. The Morgan fingerprint density at radius 3 is 2.48 bits per heavy atom. The second kappa shape index (κ2) is 7.64. The van der Waals surface area contributed by atoms with Crippen LogP contribution in [0.4, 0.5) is 10.1 Å². The maximum absolute atomic E-state index is 13.2. The van der Waals surface area contributed by atoms with Gasteiger partial charge in [-0.15, -0.1) is 0 Å². The summed E-state index contributed by atoms with van der Waals surface area (Å²) in [7, 11) is -2.53. The van der Waals surface area contributed by atoms with Crippen molar-refractivity contribution in [2.75, 3.05) is 18.9 Å². The Labute approximate surface area is 161 Å². The number of sulfonamides is 1. The van der Waals surface area contributed by atoms with Gasteiger partial charge in [-0.2, -0.15) is 4.31 Å². The number of amides is 1. The molecular weight excluding hydrogens is 391 g/mol. The van der Waals surface area contributed by atoms with Gasteiger partial charge in [0.2, 0.25) is 15.9 Å². The average molecular weight is 407 g/mol. The minimum absolute atomic E-state index is 0.0985. The monoisotopic (exact) mass is 406 g/mol. The third-order valence-electron chi connectivity index (χ3n) is 4.00. The fourth-order valence-corrected chi connectivity index (χ4v) is 3.91. The second-order valence-electron chi connectivity index (χ2n) is 5.95. The number of rotatable bonds is 5. The summed E-state index contributed by atoms with van der Waals surface area (Å²) in [6.45, 7) is -0.399. The number of hydrogen-bond acceptors (Lipinski definition) is 3. The zero-order valence-corrected chi connectivity index (χ0v) is 15.9. The van der Waals surface area contributed by atoms with Crippen molar-refractivity contribution in [1.29, 1.82) is 0 Å². The van der Waals surface area contributed by atoms with Crippen molar-refractivity contribution >= 4 is 44.0 Å². The van der Waals surface area contributed by atoms with E-state index in [2.05, 4.69) is 5.32 Å². The van der Waals surface area contributed by atoms with Crippen LogP contribution in [0.2, 0.25) is 5.02 Å². The molecule has 0 bridgehead atoms. The van der Waals surface area contributed by atoms with Gasteiger partial charge in [-0.3, -0.25) is 4.79 Å². The van der Waals surface area contributed by atoms with E-state index < -0.39 is 28.3 Å². The number of anilines is 1. The fourth-order valence-electron chi connectivity index (χ4n) is 2.57. The summed E-state index contributed by atoms with van der Waals surface area (Å²) < 4.78 is 39.6. The predicted octanol–water partition coefficient (Wildman–Crippen LogP) is 3.89. The van der Waals surface area contributed by atoms with Crippen molar-refractivity contribution in [2.24, 2.45) is 0 Å². The van der Waals surface area contributed by atoms with Gasteiger partial charge in [-0.1, -0.05) is 41.9 Å². The van der Waals surface area contributed by atoms with Crippen molar-refractivity contribution in [1.82, 2.24) is 4.31 Å². The van der Waals surface area contributed by atoms with Crippen molar-refractivity contribution in [2.45, 2.75) is 4.90 Å². The quantitative estimate of drug-likeness (QED) is 0.699. The van der Waals surface area contributed by atoms with E-state index in [1.165, 1.54) is 25.2 Å². The van der Waals surface area contributed by atoms with Gasteiger partial charge in [-0.25, -0.2) is 12.8 Å². The first kappa shape index (κ1) is 19.3. The topological polar surface area (TPSA) is 66.5 Å². The maximum atomic E-state index is 13.2. The number of carbonyl (C=O) groups excluding carboxylic acids is 1. The van der Waals surface area contributed by atoms with Crippen LogP contribution in [0.1, 0.15) is 0 Å². The van der Waals surface area contributed by atoms with Crippen LogP contribution in [0.3, 0.4) is 0 Å². The molecule has 0 radical (unpaired) electrons. The number of hydrogen-bond donors (Lipinski definition) is 1. The van der Waals surface area contributed by atoms with Crippen molar-refractivity contribution in [3.05, 3.63) is 71.5 Å². The number of halogens is 2. The highest BCUT2D eigenvalue weighted by molar-refractivity contribution is 7.89. The van der Waals surface area contributed by atoms with E-state index in [4.69, 9.17) is 11.6 Å². The zero-order chi connectivity index (χ0) is 19.6. The lowest BCUT2D eigenvalue weighted by Crippen LogP contribution is -2.34. The molecule has 140 valence electrons. The number of benzene rings is 3. The van der Waals surface area contributed by atoms with Crippen molar-refractivity contribution < 1.29 is 17.6 Å². The van der Waals surface area contributed by atoms with Crippen LogP contribution in [-0.2, 0) is 14.8 Å². The van der Waals surface area contributed by atoms with E-state index in [0.717, 1.165) is 21.1 Å². The van der Waals surface area contributed by atoms with Gasteiger partial charge in [0.15, 0.2) is 0 Å². The Hall–Kier alpha value is -2.48. The van der Waals surface area contributed by atoms with Gasteiger partial charge in [0, 0.05) is 12.7 Å². The van der Waals surface area contributed by atoms with Crippen LogP contribution < -0.4 is 5.32 Å². The van der Waals surface area contributed by atoms with E-state index in [9.17, 15) is 17.6 Å². The molecule has 3 aromatic rings. The Balaban J connectivity index is 1.75. The molecule has 3 aromatic carbocycles. The van der Waals surface area contributed by atoms with E-state index >= 15 is 0 Å². The highest BCUT2D eigenvalue weighted by Crippen LogP contribution is 2.22. The molecule has 0 fully saturated rings. The molecule has 0 aromatic heterocycles. The van der Waals surface area contributed by atoms with E-state index in [1.54, 1.807) is 12.1 Å². The Bertz CT molecular complexity index is 1120. The smallest absolute Gasteiger partial charge is 0.243 e. The molecule has 0 aliphatic carbocycles. The Morgan fingerprint density at radius 1 is 1.07 bits per heavy atom. The largest absolute Gasteiger partial charge is 0.325 e. The maximum Gasteiger partial charge on any atom is 0.243 e. The van der Waals surface area contributed by atoms with Crippen LogP contribution >= 0.6 is 11.6 Å². The SMILES string of the molecule is CN(CC(=O)Nc1ccc(F)c(Cl)c1)S(=O)(=O)c1ccc2ccccc2c1. The lowest BCUT2D eigenvalue weighted by molar-refractivity contribution is -0.116. The van der Waals surface area contributed by atoms with Crippen molar-refractivity contribution in [3.8, 4) is 0 Å². The Morgan fingerprint density at radius 2 is 1.78 bits per heavy atom. The number of nitrogens with zero attached hydrogens (tertiary/aromatic N) is 1. The predicted molar refractivity (Wildman–Crippen MR) is 104 cm³/mol. The lowest BCUT2D eigenvalue weighted by atomic mass is 10.1. The molecular formula is C19H16ClFN2O3S. The van der Waals surface area contributed by atoms with Gasteiger partial charge in [-0.05, 0) is 41.1 Å². The molecule has 0 aliphatic rings. The fraction of sp³-hybridized carbons (Fsp3) is 0.105. The van der Waals surface area contributed by atoms with E-state index in [-0.39, 0.29) is 15.6 Å². The molecule has 1 N–H and O–H groups in total. The van der Waals surface area contributed by atoms with E-state index in [1.807, 2.05) is 24.3 Å². The highest BCUT2D eigenvalue weighted by atomic mass is 35.5. The summed E-state index contributed by atoms with van der Waals surface area (Å²) >= 11 is 5.67. The minimum atomic E-state index is -3.85. The number of nitrogens with one attached hydrogen (secondary N) is 1. The number of carbonyl (C=O) groups is 1. The first-order valence-corrected chi connectivity index (χ1v) is 9.79. The molecule has 27 heavy (non-hydrogen) atoms. The standard InChI is InChI=1S/C19H16ClFN2O3S/c1-23(12-19(24)22-15-7-9-18(21)17(20)11-15)27(25,26)16-8-6-13-4-2-3-5-14(13)10-16/h2-11H,12H2,1H3,(H,22,24). The molecule has 1 amide bonds. The molecule has 0 heterocycles. The van der Waals surface area contributed by atoms with Gasteiger partial charge in [0.1, 0.15) is 5.82 Å². The normalized spacial score (nSPS) is 11.7. The summed E-state index contributed by atoms with van der Waals surface area (Å²) in [5, 5.41) is 4.07. The summed E-state index contributed by atoms with van der Waals surface area (Å²) in [5.74, 6) is -1.17. The summed E-state index contributed by atoms with van der Waals surface area (Å²) in [6, 6.07) is 15.9. The van der Waals surface area contributed by atoms with Crippen LogP contribution in [0.15, 0.2) is 65.6 Å². The zero-order valence-electron chi connectivity index (χ0n) is 14.3. The minimum Gasteiger partial charge on any atom is -0.325 e. The number of likely N-dealkylation sites (N-methyl/N-ethyl adjacent to an activating group) is 1. The first-order valence-electron chi connectivity index (χ1n) is 7.97. The molecule has 0 unspecified atom stereocenters. The van der Waals surface area contributed by atoms with Crippen LogP contribution in [0.5, 0.6) is 0 Å². The molecule has 0 atom stereocenters. The molecule has 0 saturated heterocycles. The Kier molecular flexibility index (Phi) is 5.46. The first-order chi connectivity index (χ1) is 12.8. The second-order valence-corrected chi connectivity index (χ2v) is 8.40. The van der Waals surface area contributed by atoms with Crippen LogP contribution in [0, 0.1) is 5.82 Å². The lowest BCUT2D eigenvalue weighted by Gasteiger charge is -2.17. The summed E-state index contributed by atoms with van der Waals surface area (Å²) in [5.41, 5.74) is 0.280. The molecule has 0 aliphatic heterocycles. The van der Waals surface area contributed by atoms with Gasteiger partial charge >= 0.3 is 0 Å². The molecule has 5 nitrogen and oxygen atoms in total. The van der Waals surface area contributed by atoms with Gasteiger partial charge in [0.05, 0.1) is 16.5 Å². The molecule has 0 saturated carbocycles. The molecule has 0 spiro atoms. The van der Waals surface area contributed by atoms with Crippen LogP contribution in [-0.4, -0.2) is 32.2 Å². The molecule has 8 heteroatoms. The highest BCUT2D eigenvalue weighted by Gasteiger charge is 2.23. The molecule has 3 rings (SSSR count). The third-order valence-corrected chi connectivity index (χ3v) is 6.09. The summed E-state index contributed by atoms with van der Waals surface area (Å²) in [4.78, 5) is 12.3.